The largest absolute Gasteiger partial charge is 0.341 e. The normalized spacial score (nSPS) is 17.9. The third-order valence-electron chi connectivity index (χ3n) is 4.15. The van der Waals surface area contributed by atoms with Crippen molar-refractivity contribution in [2.75, 3.05) is 13.1 Å². The van der Waals surface area contributed by atoms with Crippen LogP contribution in [0.2, 0.25) is 0 Å². The molecule has 3 rings (SSSR count). The maximum Gasteiger partial charge on any atom is 0.247 e. The first-order valence-electron chi connectivity index (χ1n) is 7.41. The van der Waals surface area contributed by atoms with E-state index in [0.717, 1.165) is 32.4 Å². The number of amides is 1. The van der Waals surface area contributed by atoms with Gasteiger partial charge in [0.1, 0.15) is 18.7 Å². The molecule has 2 aromatic rings. The second-order valence-electron chi connectivity index (χ2n) is 5.38. The minimum absolute atomic E-state index is 0.170. The van der Waals surface area contributed by atoms with Crippen molar-refractivity contribution in [3.63, 3.8) is 0 Å². The van der Waals surface area contributed by atoms with Gasteiger partial charge in [0, 0.05) is 31.5 Å². The van der Waals surface area contributed by atoms with Crippen LogP contribution in [-0.4, -0.2) is 48.4 Å². The molecule has 7 nitrogen and oxygen atoms in total. The number of hydrogen-bond acceptors (Lipinski definition) is 4. The van der Waals surface area contributed by atoms with E-state index < -0.39 is 0 Å². The number of likely N-dealkylation sites (tertiary alicyclic amines) is 1. The number of piperidine rings is 1. The van der Waals surface area contributed by atoms with Crippen LogP contribution in [0.5, 0.6) is 0 Å². The Hall–Kier alpha value is -2.18. The lowest BCUT2D eigenvalue weighted by Gasteiger charge is -2.34. The number of aromatic nitrogens is 5. The summed E-state index contributed by atoms with van der Waals surface area (Å²) in [5, 5.41) is 11.9. The minimum atomic E-state index is -0.188. The molecule has 1 aliphatic heterocycles. The monoisotopic (exact) mass is 288 g/mol. The smallest absolute Gasteiger partial charge is 0.247 e. The van der Waals surface area contributed by atoms with E-state index in [-0.39, 0.29) is 11.9 Å². The molecule has 7 heteroatoms. The van der Waals surface area contributed by atoms with Crippen molar-refractivity contribution in [1.82, 2.24) is 29.4 Å². The second kappa shape index (κ2) is 6.07. The molecule has 1 saturated heterocycles. The van der Waals surface area contributed by atoms with Crippen LogP contribution in [0.25, 0.3) is 0 Å². The van der Waals surface area contributed by atoms with Gasteiger partial charge in [0.2, 0.25) is 5.91 Å². The molecule has 1 fully saturated rings. The second-order valence-corrected chi connectivity index (χ2v) is 5.38. The third kappa shape index (κ3) is 2.81. The molecule has 0 spiro atoms. The van der Waals surface area contributed by atoms with Gasteiger partial charge in [-0.25, -0.2) is 0 Å². The Bertz CT molecular complexity index is 556. The summed E-state index contributed by atoms with van der Waals surface area (Å²) >= 11 is 0. The SMILES string of the molecule is CC[C@@H](C(=O)N1CCC(n2cnnc2)CC1)n1cccn1. The third-order valence-corrected chi connectivity index (χ3v) is 4.15. The molecule has 0 aliphatic carbocycles. The zero-order valence-corrected chi connectivity index (χ0v) is 12.2. The molecule has 0 aromatic carbocycles. The molecule has 0 unspecified atom stereocenters. The van der Waals surface area contributed by atoms with Gasteiger partial charge in [-0.2, -0.15) is 5.10 Å². The fourth-order valence-electron chi connectivity index (χ4n) is 2.93. The average molecular weight is 288 g/mol. The molecule has 0 bridgehead atoms. The summed E-state index contributed by atoms with van der Waals surface area (Å²) < 4.78 is 3.79. The predicted octanol–water partition coefficient (Wildman–Crippen LogP) is 1.29. The molecular weight excluding hydrogens is 268 g/mol. The van der Waals surface area contributed by atoms with Crippen LogP contribution in [0, 0.1) is 0 Å². The van der Waals surface area contributed by atoms with Crippen molar-refractivity contribution in [3.8, 4) is 0 Å². The van der Waals surface area contributed by atoms with Gasteiger partial charge in [0.15, 0.2) is 0 Å². The van der Waals surface area contributed by atoms with Crippen LogP contribution >= 0.6 is 0 Å². The Morgan fingerprint density at radius 1 is 1.29 bits per heavy atom. The van der Waals surface area contributed by atoms with E-state index in [1.807, 2.05) is 28.7 Å². The van der Waals surface area contributed by atoms with Crippen molar-refractivity contribution < 1.29 is 4.79 Å². The van der Waals surface area contributed by atoms with Crippen molar-refractivity contribution in [1.29, 1.82) is 0 Å². The van der Waals surface area contributed by atoms with Crippen LogP contribution < -0.4 is 0 Å². The number of carbonyl (C=O) groups is 1. The molecule has 0 radical (unpaired) electrons. The summed E-state index contributed by atoms with van der Waals surface area (Å²) in [6.07, 6.45) is 9.72. The summed E-state index contributed by atoms with van der Waals surface area (Å²) in [6.45, 7) is 3.58. The van der Waals surface area contributed by atoms with Crippen LogP contribution in [0.4, 0.5) is 0 Å². The highest BCUT2D eigenvalue weighted by Crippen LogP contribution is 2.24. The molecule has 2 aromatic heterocycles. The molecular formula is C14H20N6O. The molecule has 112 valence electrons. The lowest BCUT2D eigenvalue weighted by molar-refractivity contribution is -0.136. The Kier molecular flexibility index (Phi) is 3.98. The van der Waals surface area contributed by atoms with Gasteiger partial charge in [-0.15, -0.1) is 10.2 Å². The van der Waals surface area contributed by atoms with Crippen molar-refractivity contribution >= 4 is 5.91 Å². The standard InChI is InChI=1S/C14H20N6O/c1-2-13(20-7-3-6-17-20)14(21)18-8-4-12(5-9-18)19-10-15-16-11-19/h3,6-7,10-13H,2,4-5,8-9H2,1H3/t13-/m0/s1. The molecule has 1 amide bonds. The Morgan fingerprint density at radius 2 is 2.00 bits per heavy atom. The molecule has 0 saturated carbocycles. The van der Waals surface area contributed by atoms with E-state index in [2.05, 4.69) is 15.3 Å². The van der Waals surface area contributed by atoms with Crippen molar-refractivity contribution in [3.05, 3.63) is 31.1 Å². The number of rotatable bonds is 4. The maximum atomic E-state index is 12.7. The highest BCUT2D eigenvalue weighted by molar-refractivity contribution is 5.80. The van der Waals surface area contributed by atoms with E-state index in [0.29, 0.717) is 6.04 Å². The highest BCUT2D eigenvalue weighted by atomic mass is 16.2. The summed E-state index contributed by atoms with van der Waals surface area (Å²) in [5.41, 5.74) is 0. The van der Waals surface area contributed by atoms with Gasteiger partial charge in [-0.05, 0) is 25.3 Å². The summed E-state index contributed by atoms with van der Waals surface area (Å²) in [6, 6.07) is 2.06. The van der Waals surface area contributed by atoms with Gasteiger partial charge < -0.3 is 9.47 Å². The number of nitrogens with zero attached hydrogens (tertiary/aromatic N) is 6. The lowest BCUT2D eigenvalue weighted by atomic mass is 10.0. The van der Waals surface area contributed by atoms with Gasteiger partial charge in [-0.1, -0.05) is 6.92 Å². The van der Waals surface area contributed by atoms with Crippen molar-refractivity contribution in [2.45, 2.75) is 38.3 Å². The van der Waals surface area contributed by atoms with Crippen LogP contribution in [0.15, 0.2) is 31.1 Å². The zero-order chi connectivity index (χ0) is 14.7. The quantitative estimate of drug-likeness (QED) is 0.850. The topological polar surface area (TPSA) is 68.8 Å². The summed E-state index contributed by atoms with van der Waals surface area (Å²) in [4.78, 5) is 14.6. The molecule has 1 aliphatic rings. The molecule has 1 atom stereocenters. The van der Waals surface area contributed by atoms with E-state index >= 15 is 0 Å². The van der Waals surface area contributed by atoms with Gasteiger partial charge in [0.25, 0.3) is 0 Å². The highest BCUT2D eigenvalue weighted by Gasteiger charge is 2.29. The summed E-state index contributed by atoms with van der Waals surface area (Å²) in [5.74, 6) is 0.170. The molecule has 21 heavy (non-hydrogen) atoms. The fourth-order valence-corrected chi connectivity index (χ4v) is 2.93. The average Bonchev–Trinajstić information content (AvgIpc) is 3.22. The Labute approximate surface area is 123 Å². The van der Waals surface area contributed by atoms with Crippen LogP contribution in [-0.2, 0) is 4.79 Å². The van der Waals surface area contributed by atoms with E-state index in [1.54, 1.807) is 23.5 Å². The minimum Gasteiger partial charge on any atom is -0.341 e. The Morgan fingerprint density at radius 3 is 2.57 bits per heavy atom. The first-order valence-corrected chi connectivity index (χ1v) is 7.41. The molecule has 3 heterocycles. The van der Waals surface area contributed by atoms with Crippen LogP contribution in [0.3, 0.4) is 0 Å². The van der Waals surface area contributed by atoms with E-state index in [4.69, 9.17) is 0 Å². The lowest BCUT2D eigenvalue weighted by Crippen LogP contribution is -2.42. The Balaban J connectivity index is 1.62. The zero-order valence-electron chi connectivity index (χ0n) is 12.2. The van der Waals surface area contributed by atoms with Gasteiger partial charge in [0.05, 0.1) is 0 Å². The first kappa shape index (κ1) is 13.8. The van der Waals surface area contributed by atoms with Gasteiger partial charge >= 0.3 is 0 Å². The van der Waals surface area contributed by atoms with Crippen LogP contribution in [0.1, 0.15) is 38.3 Å². The van der Waals surface area contributed by atoms with E-state index in [9.17, 15) is 4.79 Å². The van der Waals surface area contributed by atoms with Gasteiger partial charge in [-0.3, -0.25) is 9.48 Å². The maximum absolute atomic E-state index is 12.7. The summed E-state index contributed by atoms with van der Waals surface area (Å²) in [7, 11) is 0. The number of carbonyl (C=O) groups excluding carboxylic acids is 1. The number of hydrogen-bond donors (Lipinski definition) is 0. The predicted molar refractivity (Wildman–Crippen MR) is 76.4 cm³/mol. The van der Waals surface area contributed by atoms with Crippen molar-refractivity contribution in [2.24, 2.45) is 0 Å². The van der Waals surface area contributed by atoms with E-state index in [1.165, 1.54) is 0 Å². The molecule has 0 N–H and O–H groups in total. The fraction of sp³-hybridized carbons (Fsp3) is 0.571. The first-order chi connectivity index (χ1) is 10.3.